The molecular weight excluding hydrogens is 500 g/mol. The van der Waals surface area contributed by atoms with Gasteiger partial charge in [0.1, 0.15) is 35.2 Å². The van der Waals surface area contributed by atoms with Crippen molar-refractivity contribution in [3.8, 4) is 23.0 Å². The van der Waals surface area contributed by atoms with Crippen molar-refractivity contribution in [3.63, 3.8) is 0 Å². The molecule has 39 heavy (non-hydrogen) atoms. The van der Waals surface area contributed by atoms with Crippen LogP contribution in [0.1, 0.15) is 29.9 Å². The van der Waals surface area contributed by atoms with E-state index in [1.165, 1.54) is 7.11 Å². The van der Waals surface area contributed by atoms with Crippen molar-refractivity contribution < 1.29 is 34.0 Å². The number of hydrogen-bond acceptors (Lipinski definition) is 8. The summed E-state index contributed by atoms with van der Waals surface area (Å²) in [5, 5.41) is 22.9. The van der Waals surface area contributed by atoms with Gasteiger partial charge in [-0.3, -0.25) is 4.79 Å². The van der Waals surface area contributed by atoms with Crippen LogP contribution >= 0.6 is 0 Å². The maximum Gasteiger partial charge on any atom is 0.224 e. The average Bonchev–Trinajstić information content (AvgIpc) is 3.38. The van der Waals surface area contributed by atoms with Crippen molar-refractivity contribution in [2.24, 2.45) is 17.4 Å². The number of unbranched alkanes of at least 4 members (excludes halogenated alkanes) is 1. The maximum atomic E-state index is 12.3. The highest BCUT2D eigenvalue weighted by atomic mass is 16.5. The summed E-state index contributed by atoms with van der Waals surface area (Å²) in [6, 6.07) is 22.2. The van der Waals surface area contributed by atoms with Crippen molar-refractivity contribution in [2.75, 3.05) is 27.4 Å². The van der Waals surface area contributed by atoms with Crippen molar-refractivity contribution in [3.05, 3.63) is 83.9 Å². The van der Waals surface area contributed by atoms with Gasteiger partial charge < -0.3 is 40.6 Å². The van der Waals surface area contributed by atoms with Gasteiger partial charge in [0.25, 0.3) is 0 Å². The number of fused-ring (bicyclic) bond motifs is 3. The summed E-state index contributed by atoms with van der Waals surface area (Å²) in [5.74, 6) is -0.267. The number of nitrogens with two attached hydrogens (primary N) is 2. The van der Waals surface area contributed by atoms with Gasteiger partial charge in [-0.05, 0) is 37.1 Å². The number of aliphatic hydroxyl groups excluding tert-OH is 1. The molecule has 1 saturated carbocycles. The molecule has 3 aromatic rings. The van der Waals surface area contributed by atoms with E-state index >= 15 is 0 Å². The Bertz CT molecular complexity index is 1240. The molecule has 208 valence electrons. The van der Waals surface area contributed by atoms with Crippen LogP contribution in [-0.2, 0) is 10.4 Å². The van der Waals surface area contributed by atoms with E-state index in [-0.39, 0.29) is 0 Å². The Morgan fingerprint density at radius 1 is 0.974 bits per heavy atom. The normalized spacial score (nSPS) is 24.4. The molecule has 5 atom stereocenters. The molecule has 3 unspecified atom stereocenters. The van der Waals surface area contributed by atoms with Crippen LogP contribution in [0.15, 0.2) is 72.8 Å². The molecule has 6 N–H and O–H groups in total. The van der Waals surface area contributed by atoms with Gasteiger partial charge in [0.15, 0.2) is 5.60 Å². The molecular formula is C30H36N2O7. The van der Waals surface area contributed by atoms with E-state index in [0.717, 1.165) is 24.2 Å². The van der Waals surface area contributed by atoms with Crippen molar-refractivity contribution in [1.82, 2.24) is 0 Å². The minimum Gasteiger partial charge on any atom is -0.497 e. The van der Waals surface area contributed by atoms with Crippen LogP contribution in [0.2, 0.25) is 0 Å². The zero-order valence-electron chi connectivity index (χ0n) is 22.2. The molecule has 5 rings (SSSR count). The number of carbonyl (C=O) groups is 1. The van der Waals surface area contributed by atoms with E-state index in [0.29, 0.717) is 36.0 Å². The zero-order valence-corrected chi connectivity index (χ0v) is 22.2. The summed E-state index contributed by atoms with van der Waals surface area (Å²) >= 11 is 0. The number of hydrogen-bond donors (Lipinski definition) is 4. The van der Waals surface area contributed by atoms with E-state index < -0.39 is 35.6 Å². The number of ether oxygens (including phenoxy) is 4. The van der Waals surface area contributed by atoms with Crippen molar-refractivity contribution in [2.45, 2.75) is 36.6 Å². The second-order valence-electron chi connectivity index (χ2n) is 9.53. The Labute approximate surface area is 228 Å². The lowest BCUT2D eigenvalue weighted by Gasteiger charge is -2.27. The first-order valence-corrected chi connectivity index (χ1v) is 12.9. The van der Waals surface area contributed by atoms with Crippen molar-refractivity contribution >= 4 is 5.91 Å². The quantitative estimate of drug-likeness (QED) is 0.305. The van der Waals surface area contributed by atoms with Crippen LogP contribution in [0.3, 0.4) is 0 Å². The zero-order chi connectivity index (χ0) is 28.0. The Morgan fingerprint density at radius 2 is 1.64 bits per heavy atom. The molecule has 0 bridgehead atoms. The van der Waals surface area contributed by atoms with Gasteiger partial charge >= 0.3 is 0 Å². The molecule has 0 radical (unpaired) electrons. The standard InChI is InChI=1S/C23H28N2O6.C7H8O/c1-29-15-11-14(30-10-6-5-9-24)12-16-19(15)23(28)20(26)18(22(25)27)17(21(23)31-16)13-7-3-2-4-8-13;1-8-7-5-3-2-4-6-7/h2-4,7-8,11-12,17-18,20-21,26,28H,5-6,9-10,24H2,1H3,(H2,25,27);2-6H,1H3/t17-,18?,20?,21?,23+;/m1./s1. The van der Waals surface area contributed by atoms with Gasteiger partial charge in [-0.2, -0.15) is 0 Å². The predicted octanol–water partition coefficient (Wildman–Crippen LogP) is 2.72. The van der Waals surface area contributed by atoms with E-state index in [9.17, 15) is 15.0 Å². The van der Waals surface area contributed by atoms with E-state index in [2.05, 4.69) is 0 Å². The van der Waals surface area contributed by atoms with E-state index in [4.69, 9.17) is 30.4 Å². The Morgan fingerprint density at radius 3 is 2.21 bits per heavy atom. The maximum absolute atomic E-state index is 12.3. The molecule has 1 amide bonds. The molecule has 1 aliphatic carbocycles. The number of rotatable bonds is 9. The summed E-state index contributed by atoms with van der Waals surface area (Å²) in [6.45, 7) is 1.07. The molecule has 0 spiro atoms. The van der Waals surface area contributed by atoms with Crippen LogP contribution in [-0.4, -0.2) is 55.7 Å². The molecule has 1 aliphatic heterocycles. The summed E-state index contributed by atoms with van der Waals surface area (Å²) in [5.41, 5.74) is 10.3. The summed E-state index contributed by atoms with van der Waals surface area (Å²) in [6.07, 6.45) is -0.733. The Hall–Kier alpha value is -3.79. The molecule has 0 saturated heterocycles. The highest BCUT2D eigenvalue weighted by molar-refractivity contribution is 5.80. The van der Waals surface area contributed by atoms with Crippen LogP contribution in [0.5, 0.6) is 23.0 Å². The number of amides is 1. The van der Waals surface area contributed by atoms with E-state index in [1.807, 2.05) is 60.7 Å². The van der Waals surface area contributed by atoms with Crippen LogP contribution in [0.25, 0.3) is 0 Å². The number of benzene rings is 3. The van der Waals surface area contributed by atoms with Crippen LogP contribution in [0.4, 0.5) is 0 Å². The third kappa shape index (κ3) is 5.52. The van der Waals surface area contributed by atoms with Crippen LogP contribution in [0, 0.1) is 5.92 Å². The van der Waals surface area contributed by atoms with E-state index in [1.54, 1.807) is 19.2 Å². The Balaban J connectivity index is 0.000000379. The lowest BCUT2D eigenvalue weighted by atomic mass is 9.86. The minimum atomic E-state index is -1.86. The second kappa shape index (κ2) is 12.4. The minimum absolute atomic E-state index is 0.298. The molecule has 1 heterocycles. The first-order chi connectivity index (χ1) is 18.9. The fraction of sp³-hybridized carbons (Fsp3) is 0.367. The summed E-state index contributed by atoms with van der Waals surface area (Å²) in [4.78, 5) is 12.3. The van der Waals surface area contributed by atoms with Gasteiger partial charge in [-0.25, -0.2) is 0 Å². The summed E-state index contributed by atoms with van der Waals surface area (Å²) < 4.78 is 22.4. The topological polar surface area (TPSA) is 146 Å². The van der Waals surface area contributed by atoms with Gasteiger partial charge in [-0.1, -0.05) is 48.5 Å². The Kier molecular flexibility index (Phi) is 8.96. The fourth-order valence-corrected chi connectivity index (χ4v) is 5.37. The monoisotopic (exact) mass is 536 g/mol. The smallest absolute Gasteiger partial charge is 0.224 e. The van der Waals surface area contributed by atoms with Gasteiger partial charge in [0.05, 0.1) is 32.3 Å². The van der Waals surface area contributed by atoms with Gasteiger partial charge in [0.2, 0.25) is 5.91 Å². The van der Waals surface area contributed by atoms with Gasteiger partial charge in [0, 0.05) is 18.1 Å². The SMILES string of the molecule is COc1cc(OCCCCN)cc2c1[C@]1(O)C(O)C(C(N)=O)[C@@H](c3ccccc3)C1O2.COc1ccccc1. The van der Waals surface area contributed by atoms with Crippen LogP contribution < -0.4 is 30.4 Å². The molecule has 1 fully saturated rings. The molecule has 9 nitrogen and oxygen atoms in total. The number of carbonyl (C=O) groups excluding carboxylic acids is 1. The first-order valence-electron chi connectivity index (χ1n) is 12.9. The number of aliphatic hydroxyl groups is 2. The predicted molar refractivity (Wildman–Crippen MR) is 146 cm³/mol. The molecule has 3 aromatic carbocycles. The molecule has 0 aromatic heterocycles. The fourth-order valence-electron chi connectivity index (χ4n) is 5.37. The second-order valence-corrected chi connectivity index (χ2v) is 9.53. The number of methoxy groups -OCH3 is 2. The third-order valence-corrected chi connectivity index (χ3v) is 7.21. The summed E-state index contributed by atoms with van der Waals surface area (Å²) in [7, 11) is 3.13. The highest BCUT2D eigenvalue weighted by Gasteiger charge is 2.68. The number of para-hydroxylation sites is 1. The first kappa shape index (κ1) is 28.2. The average molecular weight is 537 g/mol. The lowest BCUT2D eigenvalue weighted by molar-refractivity contribution is -0.131. The largest absolute Gasteiger partial charge is 0.497 e. The lowest BCUT2D eigenvalue weighted by Crippen LogP contribution is -2.44. The highest BCUT2D eigenvalue weighted by Crippen LogP contribution is 2.60. The molecule has 2 aliphatic rings. The van der Waals surface area contributed by atoms with Crippen molar-refractivity contribution in [1.29, 1.82) is 0 Å². The third-order valence-electron chi connectivity index (χ3n) is 7.21. The number of primary amides is 1. The molecule has 9 heteroatoms. The van der Waals surface area contributed by atoms with Gasteiger partial charge in [-0.15, -0.1) is 0 Å².